The fourth-order valence-corrected chi connectivity index (χ4v) is 1.91. The summed E-state index contributed by atoms with van der Waals surface area (Å²) < 4.78 is 13.6. The predicted octanol–water partition coefficient (Wildman–Crippen LogP) is 2.94. The third-order valence-electron chi connectivity index (χ3n) is 2.99. The largest absolute Gasteiger partial charge is 0.370 e. The first-order valence-corrected chi connectivity index (χ1v) is 6.24. The number of primary amides is 1. The van der Waals surface area contributed by atoms with Crippen LogP contribution in [-0.4, -0.2) is 11.7 Å². The van der Waals surface area contributed by atoms with E-state index >= 15 is 0 Å². The smallest absolute Gasteiger partial charge is 0.217 e. The maximum absolute atomic E-state index is 13.6. The lowest BCUT2D eigenvalue weighted by atomic mass is 10.0. The summed E-state index contributed by atoms with van der Waals surface area (Å²) >= 11 is 0. The molecule has 0 atom stereocenters. The maximum atomic E-state index is 13.6. The number of hydrogen-bond donors (Lipinski definition) is 1. The monoisotopic (exact) mass is 271 g/mol. The van der Waals surface area contributed by atoms with Gasteiger partial charge in [-0.1, -0.05) is 42.5 Å². The van der Waals surface area contributed by atoms with E-state index in [1.165, 1.54) is 6.07 Å². The van der Waals surface area contributed by atoms with Crippen LogP contribution in [0.1, 0.15) is 23.2 Å². The molecular weight excluding hydrogens is 257 g/mol. The van der Waals surface area contributed by atoms with Gasteiger partial charge in [0.15, 0.2) is 5.78 Å². The molecule has 0 fully saturated rings. The van der Waals surface area contributed by atoms with Crippen LogP contribution < -0.4 is 5.73 Å². The van der Waals surface area contributed by atoms with Crippen molar-refractivity contribution < 1.29 is 14.0 Å². The van der Waals surface area contributed by atoms with Crippen LogP contribution in [0.2, 0.25) is 0 Å². The van der Waals surface area contributed by atoms with Gasteiger partial charge < -0.3 is 5.73 Å². The van der Waals surface area contributed by atoms with Gasteiger partial charge in [0.05, 0.1) is 0 Å². The van der Waals surface area contributed by atoms with Gasteiger partial charge in [-0.15, -0.1) is 0 Å². The van der Waals surface area contributed by atoms with E-state index in [0.29, 0.717) is 16.7 Å². The van der Waals surface area contributed by atoms with E-state index in [1.807, 2.05) is 0 Å². The van der Waals surface area contributed by atoms with Gasteiger partial charge in [-0.3, -0.25) is 9.59 Å². The first kappa shape index (κ1) is 13.9. The summed E-state index contributed by atoms with van der Waals surface area (Å²) in [5, 5.41) is 0. The molecule has 0 heterocycles. The molecule has 4 heteroatoms. The SMILES string of the molecule is NC(=O)CCC(=O)c1ccc(-c2ccccc2F)cc1. The predicted molar refractivity (Wildman–Crippen MR) is 74.6 cm³/mol. The Labute approximate surface area is 116 Å². The average molecular weight is 271 g/mol. The summed E-state index contributed by atoms with van der Waals surface area (Å²) in [6.45, 7) is 0. The molecule has 102 valence electrons. The maximum Gasteiger partial charge on any atom is 0.217 e. The van der Waals surface area contributed by atoms with Crippen LogP contribution >= 0.6 is 0 Å². The fourth-order valence-electron chi connectivity index (χ4n) is 1.91. The van der Waals surface area contributed by atoms with E-state index in [1.54, 1.807) is 42.5 Å². The topological polar surface area (TPSA) is 60.2 Å². The molecule has 2 rings (SSSR count). The Morgan fingerprint density at radius 2 is 1.60 bits per heavy atom. The zero-order valence-corrected chi connectivity index (χ0v) is 10.8. The van der Waals surface area contributed by atoms with E-state index in [0.717, 1.165) is 0 Å². The van der Waals surface area contributed by atoms with E-state index in [-0.39, 0.29) is 24.4 Å². The van der Waals surface area contributed by atoms with Gasteiger partial charge >= 0.3 is 0 Å². The number of carbonyl (C=O) groups excluding carboxylic acids is 2. The van der Waals surface area contributed by atoms with Crippen molar-refractivity contribution in [1.29, 1.82) is 0 Å². The number of halogens is 1. The summed E-state index contributed by atoms with van der Waals surface area (Å²) in [5.41, 5.74) is 6.69. The normalized spacial score (nSPS) is 10.2. The number of ketones is 1. The Balaban J connectivity index is 2.16. The number of nitrogens with two attached hydrogens (primary N) is 1. The quantitative estimate of drug-likeness (QED) is 0.850. The second-order valence-electron chi connectivity index (χ2n) is 4.45. The van der Waals surface area contributed by atoms with Crippen LogP contribution in [-0.2, 0) is 4.79 Å². The van der Waals surface area contributed by atoms with Gasteiger partial charge in [0.1, 0.15) is 5.82 Å². The molecule has 0 aliphatic carbocycles. The molecule has 2 aromatic rings. The van der Waals surface area contributed by atoms with Gasteiger partial charge in [-0.05, 0) is 11.6 Å². The third-order valence-corrected chi connectivity index (χ3v) is 2.99. The van der Waals surface area contributed by atoms with E-state index in [2.05, 4.69) is 0 Å². The van der Waals surface area contributed by atoms with Crippen molar-refractivity contribution >= 4 is 11.7 Å². The number of Topliss-reactive ketones (excluding diaryl/α,β-unsaturated/α-hetero) is 1. The number of rotatable bonds is 5. The van der Waals surface area contributed by atoms with Crippen LogP contribution in [0, 0.1) is 5.82 Å². The zero-order chi connectivity index (χ0) is 14.5. The fraction of sp³-hybridized carbons (Fsp3) is 0.125. The average Bonchev–Trinajstić information content (AvgIpc) is 2.45. The number of carbonyl (C=O) groups is 2. The van der Waals surface area contributed by atoms with Gasteiger partial charge in [-0.2, -0.15) is 0 Å². The molecule has 1 amide bonds. The van der Waals surface area contributed by atoms with Crippen molar-refractivity contribution in [3.8, 4) is 11.1 Å². The van der Waals surface area contributed by atoms with Crippen LogP contribution in [0.3, 0.4) is 0 Å². The molecule has 0 bridgehead atoms. The molecule has 0 saturated carbocycles. The van der Waals surface area contributed by atoms with Gasteiger partial charge in [0.2, 0.25) is 5.91 Å². The Morgan fingerprint density at radius 3 is 2.20 bits per heavy atom. The van der Waals surface area contributed by atoms with Crippen molar-refractivity contribution in [3.05, 3.63) is 59.9 Å². The molecule has 20 heavy (non-hydrogen) atoms. The highest BCUT2D eigenvalue weighted by Gasteiger charge is 2.09. The standard InChI is InChI=1S/C16H14FNO2/c17-14-4-2-1-3-13(14)11-5-7-12(8-6-11)15(19)9-10-16(18)20/h1-8H,9-10H2,(H2,18,20). The van der Waals surface area contributed by atoms with Gasteiger partial charge in [0.25, 0.3) is 0 Å². The van der Waals surface area contributed by atoms with E-state index in [9.17, 15) is 14.0 Å². The summed E-state index contributed by atoms with van der Waals surface area (Å²) in [6.07, 6.45) is 0.127. The third kappa shape index (κ3) is 3.29. The number of amides is 1. The Morgan fingerprint density at radius 1 is 0.950 bits per heavy atom. The number of hydrogen-bond acceptors (Lipinski definition) is 2. The first-order chi connectivity index (χ1) is 9.58. The summed E-state index contributed by atoms with van der Waals surface area (Å²) in [7, 11) is 0. The minimum Gasteiger partial charge on any atom is -0.370 e. The second kappa shape index (κ2) is 6.10. The highest BCUT2D eigenvalue weighted by atomic mass is 19.1. The lowest BCUT2D eigenvalue weighted by molar-refractivity contribution is -0.118. The zero-order valence-electron chi connectivity index (χ0n) is 10.8. The van der Waals surface area contributed by atoms with Gasteiger partial charge in [0, 0.05) is 24.0 Å². The molecule has 0 saturated heterocycles. The Hall–Kier alpha value is -2.49. The molecular formula is C16H14FNO2. The van der Waals surface area contributed by atoms with Crippen LogP contribution in [0.4, 0.5) is 4.39 Å². The molecule has 0 aromatic heterocycles. The first-order valence-electron chi connectivity index (χ1n) is 6.24. The van der Waals surface area contributed by atoms with Crippen LogP contribution in [0.25, 0.3) is 11.1 Å². The summed E-state index contributed by atoms with van der Waals surface area (Å²) in [6, 6.07) is 13.1. The summed E-state index contributed by atoms with van der Waals surface area (Å²) in [4.78, 5) is 22.4. The minimum atomic E-state index is -0.499. The van der Waals surface area contributed by atoms with Crippen LogP contribution in [0.15, 0.2) is 48.5 Å². The number of benzene rings is 2. The lowest BCUT2D eigenvalue weighted by Crippen LogP contribution is -2.12. The van der Waals surface area contributed by atoms with Crippen molar-refractivity contribution in [3.63, 3.8) is 0 Å². The molecule has 0 unspecified atom stereocenters. The Kier molecular flexibility index (Phi) is 4.25. The van der Waals surface area contributed by atoms with Crippen molar-refractivity contribution in [1.82, 2.24) is 0 Å². The Bertz CT molecular complexity index is 635. The highest BCUT2D eigenvalue weighted by molar-refractivity contribution is 5.98. The molecule has 0 aliphatic heterocycles. The van der Waals surface area contributed by atoms with E-state index < -0.39 is 5.91 Å². The lowest BCUT2D eigenvalue weighted by Gasteiger charge is -2.05. The van der Waals surface area contributed by atoms with Gasteiger partial charge in [-0.25, -0.2) is 4.39 Å². The van der Waals surface area contributed by atoms with Crippen molar-refractivity contribution in [2.24, 2.45) is 5.73 Å². The van der Waals surface area contributed by atoms with Crippen molar-refractivity contribution in [2.75, 3.05) is 0 Å². The minimum absolute atomic E-state index is 0.0356. The van der Waals surface area contributed by atoms with Crippen LogP contribution in [0.5, 0.6) is 0 Å². The molecule has 0 spiro atoms. The molecule has 3 nitrogen and oxygen atoms in total. The molecule has 0 radical (unpaired) electrons. The molecule has 0 aliphatic rings. The highest BCUT2D eigenvalue weighted by Crippen LogP contribution is 2.23. The molecule has 2 aromatic carbocycles. The summed E-state index contributed by atoms with van der Waals surface area (Å²) in [5.74, 6) is -0.953. The molecule has 2 N–H and O–H groups in total. The van der Waals surface area contributed by atoms with Crippen molar-refractivity contribution in [2.45, 2.75) is 12.8 Å². The van der Waals surface area contributed by atoms with E-state index in [4.69, 9.17) is 5.73 Å². The second-order valence-corrected chi connectivity index (χ2v) is 4.45.